The fourth-order valence-corrected chi connectivity index (χ4v) is 2.18. The first-order valence-corrected chi connectivity index (χ1v) is 4.94. The Labute approximate surface area is 79.2 Å². The van der Waals surface area contributed by atoms with Gasteiger partial charge in [0.05, 0.1) is 0 Å². The van der Waals surface area contributed by atoms with Crippen molar-refractivity contribution in [2.24, 2.45) is 5.73 Å². The first-order valence-electron chi connectivity index (χ1n) is 4.94. The van der Waals surface area contributed by atoms with Crippen molar-refractivity contribution in [3.05, 3.63) is 29.6 Å². The van der Waals surface area contributed by atoms with Gasteiger partial charge in [-0.25, -0.2) is 0 Å². The van der Waals surface area contributed by atoms with Crippen molar-refractivity contribution in [3.63, 3.8) is 0 Å². The van der Waals surface area contributed by atoms with Crippen molar-refractivity contribution in [3.8, 4) is 0 Å². The van der Waals surface area contributed by atoms with Gasteiger partial charge in [-0.2, -0.15) is 0 Å². The Balaban J connectivity index is 2.24. The molecule has 0 bridgehead atoms. The Morgan fingerprint density at radius 3 is 2.85 bits per heavy atom. The molecule has 2 N–H and O–H groups in total. The normalized spacial score (nSPS) is 27.8. The van der Waals surface area contributed by atoms with Crippen LogP contribution < -0.4 is 5.73 Å². The Morgan fingerprint density at radius 1 is 1.38 bits per heavy atom. The predicted octanol–water partition coefficient (Wildman–Crippen LogP) is 1.98. The fraction of sp³-hybridized carbons (Fsp3) is 0.545. The monoisotopic (exact) mass is 176 g/mol. The van der Waals surface area contributed by atoms with E-state index in [9.17, 15) is 0 Å². The molecule has 1 heterocycles. The van der Waals surface area contributed by atoms with Gasteiger partial charge in [0.15, 0.2) is 0 Å². The lowest BCUT2D eigenvalue weighted by Crippen LogP contribution is -2.22. The van der Waals surface area contributed by atoms with E-state index in [-0.39, 0.29) is 0 Å². The molecule has 0 radical (unpaired) electrons. The van der Waals surface area contributed by atoms with Gasteiger partial charge in [0.1, 0.15) is 0 Å². The molecule has 0 amide bonds. The Bertz CT molecular complexity index is 296. The molecule has 2 rings (SSSR count). The third-order valence-electron chi connectivity index (χ3n) is 2.89. The second-order valence-electron chi connectivity index (χ2n) is 4.00. The molecule has 1 aromatic heterocycles. The minimum Gasteiger partial charge on any atom is -0.327 e. The molecule has 13 heavy (non-hydrogen) atoms. The number of hydrogen-bond acceptors (Lipinski definition) is 2. The zero-order valence-corrected chi connectivity index (χ0v) is 8.03. The summed E-state index contributed by atoms with van der Waals surface area (Å²) in [5, 5.41) is 0. The summed E-state index contributed by atoms with van der Waals surface area (Å²) in [5.74, 6) is 0.549. The molecule has 1 saturated carbocycles. The molecule has 2 atom stereocenters. The molecule has 0 saturated heterocycles. The van der Waals surface area contributed by atoms with Crippen LogP contribution in [0.5, 0.6) is 0 Å². The minimum absolute atomic E-state index is 0.351. The van der Waals surface area contributed by atoms with Crippen LogP contribution in [-0.2, 0) is 0 Å². The number of aryl methyl sites for hydroxylation is 1. The van der Waals surface area contributed by atoms with E-state index in [1.165, 1.54) is 30.4 Å². The lowest BCUT2D eigenvalue weighted by atomic mass is 9.95. The summed E-state index contributed by atoms with van der Waals surface area (Å²) in [5.41, 5.74) is 8.59. The smallest absolute Gasteiger partial charge is 0.0303 e. The highest BCUT2D eigenvalue weighted by atomic mass is 14.7. The second kappa shape index (κ2) is 3.46. The maximum Gasteiger partial charge on any atom is 0.0303 e. The van der Waals surface area contributed by atoms with E-state index in [1.54, 1.807) is 0 Å². The average molecular weight is 176 g/mol. The van der Waals surface area contributed by atoms with E-state index in [1.807, 2.05) is 12.4 Å². The van der Waals surface area contributed by atoms with Gasteiger partial charge < -0.3 is 5.73 Å². The van der Waals surface area contributed by atoms with Crippen LogP contribution in [0.3, 0.4) is 0 Å². The predicted molar refractivity (Wildman–Crippen MR) is 53.5 cm³/mol. The highest BCUT2D eigenvalue weighted by Gasteiger charge is 2.25. The zero-order valence-electron chi connectivity index (χ0n) is 8.03. The fourth-order valence-electron chi connectivity index (χ4n) is 2.18. The maximum atomic E-state index is 6.03. The molecule has 2 nitrogen and oxygen atoms in total. The standard InChI is InChI=1S/C11H16N2/c1-8-5-9(7-13-6-8)10-3-2-4-11(10)12/h5-7,10-11H,2-4,12H2,1H3. The molecule has 1 aromatic rings. The van der Waals surface area contributed by atoms with E-state index in [0.717, 1.165) is 0 Å². The third kappa shape index (κ3) is 1.73. The molecule has 70 valence electrons. The first kappa shape index (κ1) is 8.70. The van der Waals surface area contributed by atoms with Gasteiger partial charge in [-0.15, -0.1) is 0 Å². The second-order valence-corrected chi connectivity index (χ2v) is 4.00. The van der Waals surface area contributed by atoms with Crippen LogP contribution in [0.25, 0.3) is 0 Å². The van der Waals surface area contributed by atoms with E-state index in [4.69, 9.17) is 5.73 Å². The van der Waals surface area contributed by atoms with Crippen LogP contribution in [-0.4, -0.2) is 11.0 Å². The molecular formula is C11H16N2. The molecule has 1 aliphatic rings. The summed E-state index contributed by atoms with van der Waals surface area (Å²) < 4.78 is 0. The van der Waals surface area contributed by atoms with Crippen molar-refractivity contribution in [1.29, 1.82) is 0 Å². The summed E-state index contributed by atoms with van der Waals surface area (Å²) in [6, 6.07) is 2.56. The largest absolute Gasteiger partial charge is 0.327 e. The van der Waals surface area contributed by atoms with Gasteiger partial charge in [0.2, 0.25) is 0 Å². The maximum absolute atomic E-state index is 6.03. The summed E-state index contributed by atoms with van der Waals surface area (Å²) in [6.45, 7) is 2.08. The Hall–Kier alpha value is -0.890. The lowest BCUT2D eigenvalue weighted by Gasteiger charge is -2.15. The van der Waals surface area contributed by atoms with E-state index in [0.29, 0.717) is 12.0 Å². The Kier molecular flexibility index (Phi) is 2.32. The average Bonchev–Trinajstić information content (AvgIpc) is 2.51. The molecule has 1 aliphatic carbocycles. The summed E-state index contributed by atoms with van der Waals surface area (Å²) in [7, 11) is 0. The van der Waals surface area contributed by atoms with Crippen LogP contribution >= 0.6 is 0 Å². The number of rotatable bonds is 1. The molecule has 0 spiro atoms. The van der Waals surface area contributed by atoms with Crippen molar-refractivity contribution in [1.82, 2.24) is 4.98 Å². The van der Waals surface area contributed by atoms with Crippen LogP contribution in [0.4, 0.5) is 0 Å². The number of aromatic nitrogens is 1. The van der Waals surface area contributed by atoms with Gasteiger partial charge in [-0.05, 0) is 30.9 Å². The van der Waals surface area contributed by atoms with Gasteiger partial charge >= 0.3 is 0 Å². The van der Waals surface area contributed by atoms with Crippen molar-refractivity contribution < 1.29 is 0 Å². The van der Waals surface area contributed by atoms with Gasteiger partial charge in [0.25, 0.3) is 0 Å². The van der Waals surface area contributed by atoms with E-state index in [2.05, 4.69) is 18.0 Å². The number of pyridine rings is 1. The highest BCUT2D eigenvalue weighted by Crippen LogP contribution is 2.32. The SMILES string of the molecule is Cc1cncc(C2CCCC2N)c1. The van der Waals surface area contributed by atoms with Crippen LogP contribution in [0.15, 0.2) is 18.5 Å². The number of hydrogen-bond donors (Lipinski definition) is 1. The van der Waals surface area contributed by atoms with Crippen LogP contribution in [0.1, 0.15) is 36.3 Å². The summed E-state index contributed by atoms with van der Waals surface area (Å²) >= 11 is 0. The topological polar surface area (TPSA) is 38.9 Å². The van der Waals surface area contributed by atoms with Gasteiger partial charge in [-0.1, -0.05) is 12.5 Å². The van der Waals surface area contributed by atoms with E-state index >= 15 is 0 Å². The molecular weight excluding hydrogens is 160 g/mol. The third-order valence-corrected chi connectivity index (χ3v) is 2.89. The van der Waals surface area contributed by atoms with E-state index < -0.39 is 0 Å². The number of nitrogens with zero attached hydrogens (tertiary/aromatic N) is 1. The summed E-state index contributed by atoms with van der Waals surface area (Å²) in [4.78, 5) is 4.21. The van der Waals surface area contributed by atoms with Crippen molar-refractivity contribution >= 4 is 0 Å². The highest BCUT2D eigenvalue weighted by molar-refractivity contribution is 5.23. The minimum atomic E-state index is 0.351. The van der Waals surface area contributed by atoms with Crippen molar-refractivity contribution in [2.75, 3.05) is 0 Å². The van der Waals surface area contributed by atoms with Crippen LogP contribution in [0.2, 0.25) is 0 Å². The quantitative estimate of drug-likeness (QED) is 0.710. The molecule has 1 fully saturated rings. The van der Waals surface area contributed by atoms with Crippen LogP contribution in [0, 0.1) is 6.92 Å². The summed E-state index contributed by atoms with van der Waals surface area (Å²) in [6.07, 6.45) is 7.51. The molecule has 0 aromatic carbocycles. The van der Waals surface area contributed by atoms with Gasteiger partial charge in [-0.3, -0.25) is 4.98 Å². The molecule has 0 aliphatic heterocycles. The number of nitrogens with two attached hydrogens (primary N) is 1. The first-order chi connectivity index (χ1) is 6.27. The van der Waals surface area contributed by atoms with Gasteiger partial charge in [0, 0.05) is 24.4 Å². The molecule has 2 heteroatoms. The van der Waals surface area contributed by atoms with Crippen molar-refractivity contribution in [2.45, 2.75) is 38.1 Å². The lowest BCUT2D eigenvalue weighted by molar-refractivity contribution is 0.611. The Morgan fingerprint density at radius 2 is 2.23 bits per heavy atom. The molecule has 2 unspecified atom stereocenters. The zero-order chi connectivity index (χ0) is 9.26.